The molecule has 0 aliphatic rings. The third-order valence-electron chi connectivity index (χ3n) is 2.49. The molecule has 2 heterocycles. The number of nitrogens with one attached hydrogen (secondary N) is 2. The summed E-state index contributed by atoms with van der Waals surface area (Å²) in [6.07, 6.45) is 3.40. The van der Waals surface area contributed by atoms with E-state index in [1.54, 1.807) is 12.5 Å². The molecule has 18 heavy (non-hydrogen) atoms. The van der Waals surface area contributed by atoms with E-state index in [9.17, 15) is 0 Å². The molecule has 0 amide bonds. The molecule has 0 aliphatic heterocycles. The van der Waals surface area contributed by atoms with Crippen LogP contribution in [-0.2, 0) is 7.05 Å². The predicted octanol–water partition coefficient (Wildman–Crippen LogP) is 1.21. The SMILES string of the molecule is CCNc1nccc(NC(C)c2nncn2C)n1. The van der Waals surface area contributed by atoms with Gasteiger partial charge in [0.1, 0.15) is 12.1 Å². The molecule has 0 radical (unpaired) electrons. The van der Waals surface area contributed by atoms with Crippen LogP contribution < -0.4 is 10.6 Å². The zero-order chi connectivity index (χ0) is 13.0. The monoisotopic (exact) mass is 247 g/mol. The first-order valence-electron chi connectivity index (χ1n) is 5.88. The van der Waals surface area contributed by atoms with Gasteiger partial charge in [-0.05, 0) is 19.9 Å². The lowest BCUT2D eigenvalue weighted by atomic mass is 10.3. The fraction of sp³-hybridized carbons (Fsp3) is 0.455. The van der Waals surface area contributed by atoms with Crippen molar-refractivity contribution < 1.29 is 0 Å². The van der Waals surface area contributed by atoms with Gasteiger partial charge in [-0.2, -0.15) is 4.98 Å². The maximum absolute atomic E-state index is 4.35. The smallest absolute Gasteiger partial charge is 0.224 e. The van der Waals surface area contributed by atoms with E-state index in [1.807, 2.05) is 31.5 Å². The van der Waals surface area contributed by atoms with Crippen molar-refractivity contribution in [1.82, 2.24) is 24.7 Å². The molecule has 0 saturated heterocycles. The van der Waals surface area contributed by atoms with Crippen LogP contribution in [0.25, 0.3) is 0 Å². The van der Waals surface area contributed by atoms with Crippen molar-refractivity contribution in [2.75, 3.05) is 17.2 Å². The van der Waals surface area contributed by atoms with Gasteiger partial charge in [-0.15, -0.1) is 10.2 Å². The van der Waals surface area contributed by atoms with Gasteiger partial charge in [0, 0.05) is 19.8 Å². The van der Waals surface area contributed by atoms with Crippen molar-refractivity contribution in [3.05, 3.63) is 24.4 Å². The highest BCUT2D eigenvalue weighted by atomic mass is 15.3. The molecule has 0 aliphatic carbocycles. The van der Waals surface area contributed by atoms with Crippen LogP contribution in [0.2, 0.25) is 0 Å². The van der Waals surface area contributed by atoms with E-state index < -0.39 is 0 Å². The van der Waals surface area contributed by atoms with Crippen LogP contribution in [0, 0.1) is 0 Å². The summed E-state index contributed by atoms with van der Waals surface area (Å²) in [5.74, 6) is 2.24. The number of aryl methyl sites for hydroxylation is 1. The van der Waals surface area contributed by atoms with E-state index >= 15 is 0 Å². The highest BCUT2D eigenvalue weighted by molar-refractivity contribution is 5.40. The van der Waals surface area contributed by atoms with Gasteiger partial charge in [-0.3, -0.25) is 0 Å². The molecule has 0 saturated carbocycles. The summed E-state index contributed by atoms with van der Waals surface area (Å²) in [7, 11) is 1.91. The van der Waals surface area contributed by atoms with Gasteiger partial charge in [0.2, 0.25) is 5.95 Å². The molecule has 0 fully saturated rings. The van der Waals surface area contributed by atoms with Crippen LogP contribution in [0.5, 0.6) is 0 Å². The van der Waals surface area contributed by atoms with Crippen molar-refractivity contribution in [2.45, 2.75) is 19.9 Å². The Balaban J connectivity index is 2.09. The minimum atomic E-state index is 0.0295. The molecule has 2 aromatic rings. The molecule has 96 valence electrons. The summed E-state index contributed by atoms with van der Waals surface area (Å²) >= 11 is 0. The second-order valence-electron chi connectivity index (χ2n) is 3.96. The van der Waals surface area contributed by atoms with E-state index in [0.717, 1.165) is 18.2 Å². The lowest BCUT2D eigenvalue weighted by molar-refractivity contribution is 0.716. The molecule has 0 bridgehead atoms. The molecule has 2 N–H and O–H groups in total. The Hall–Kier alpha value is -2.18. The van der Waals surface area contributed by atoms with Crippen molar-refractivity contribution >= 4 is 11.8 Å². The lowest BCUT2D eigenvalue weighted by Gasteiger charge is -2.13. The summed E-state index contributed by atoms with van der Waals surface area (Å²) in [5.41, 5.74) is 0. The van der Waals surface area contributed by atoms with E-state index in [0.29, 0.717) is 5.95 Å². The van der Waals surface area contributed by atoms with Gasteiger partial charge in [0.15, 0.2) is 5.82 Å². The van der Waals surface area contributed by atoms with Crippen LogP contribution >= 0.6 is 0 Å². The molecular weight excluding hydrogens is 230 g/mol. The highest BCUT2D eigenvalue weighted by Gasteiger charge is 2.11. The number of nitrogens with zero attached hydrogens (tertiary/aromatic N) is 5. The van der Waals surface area contributed by atoms with Gasteiger partial charge in [-0.1, -0.05) is 0 Å². The molecule has 2 aromatic heterocycles. The van der Waals surface area contributed by atoms with Crippen LogP contribution in [0.15, 0.2) is 18.6 Å². The van der Waals surface area contributed by atoms with Crippen molar-refractivity contribution in [3.8, 4) is 0 Å². The van der Waals surface area contributed by atoms with Crippen molar-refractivity contribution in [1.29, 1.82) is 0 Å². The number of rotatable bonds is 5. The van der Waals surface area contributed by atoms with E-state index in [-0.39, 0.29) is 6.04 Å². The molecule has 2 rings (SSSR count). The molecule has 1 atom stereocenters. The quantitative estimate of drug-likeness (QED) is 0.826. The van der Waals surface area contributed by atoms with E-state index in [2.05, 4.69) is 30.8 Å². The van der Waals surface area contributed by atoms with Crippen LogP contribution in [-0.4, -0.2) is 31.3 Å². The Bertz CT molecular complexity index is 508. The van der Waals surface area contributed by atoms with Crippen LogP contribution in [0.1, 0.15) is 25.7 Å². The third kappa shape index (κ3) is 2.73. The average molecular weight is 247 g/mol. The maximum atomic E-state index is 4.35. The number of hydrogen-bond donors (Lipinski definition) is 2. The Kier molecular flexibility index (Phi) is 3.71. The number of hydrogen-bond acceptors (Lipinski definition) is 6. The minimum absolute atomic E-state index is 0.0295. The van der Waals surface area contributed by atoms with E-state index in [1.165, 1.54) is 0 Å². The third-order valence-corrected chi connectivity index (χ3v) is 2.49. The van der Waals surface area contributed by atoms with Gasteiger partial charge in [-0.25, -0.2) is 4.98 Å². The summed E-state index contributed by atoms with van der Waals surface area (Å²) in [6.45, 7) is 4.81. The lowest BCUT2D eigenvalue weighted by Crippen LogP contribution is -2.13. The van der Waals surface area contributed by atoms with Gasteiger partial charge < -0.3 is 15.2 Å². The first kappa shape index (κ1) is 12.3. The zero-order valence-electron chi connectivity index (χ0n) is 10.8. The molecule has 0 spiro atoms. The summed E-state index contributed by atoms with van der Waals surface area (Å²) in [5, 5.41) is 14.3. The Morgan fingerprint density at radius 1 is 1.44 bits per heavy atom. The second kappa shape index (κ2) is 5.44. The molecule has 1 unspecified atom stereocenters. The summed E-state index contributed by atoms with van der Waals surface area (Å²) in [6, 6.07) is 1.86. The Morgan fingerprint density at radius 3 is 2.94 bits per heavy atom. The van der Waals surface area contributed by atoms with Crippen molar-refractivity contribution in [3.63, 3.8) is 0 Å². The highest BCUT2D eigenvalue weighted by Crippen LogP contribution is 2.15. The summed E-state index contributed by atoms with van der Waals surface area (Å²) < 4.78 is 1.88. The average Bonchev–Trinajstić information content (AvgIpc) is 2.76. The minimum Gasteiger partial charge on any atom is -0.360 e. The van der Waals surface area contributed by atoms with E-state index in [4.69, 9.17) is 0 Å². The van der Waals surface area contributed by atoms with Crippen LogP contribution in [0.3, 0.4) is 0 Å². The topological polar surface area (TPSA) is 80.5 Å². The first-order valence-corrected chi connectivity index (χ1v) is 5.88. The van der Waals surface area contributed by atoms with Crippen LogP contribution in [0.4, 0.5) is 11.8 Å². The Morgan fingerprint density at radius 2 is 2.28 bits per heavy atom. The van der Waals surface area contributed by atoms with Gasteiger partial charge in [0.25, 0.3) is 0 Å². The number of aromatic nitrogens is 5. The number of anilines is 2. The normalized spacial score (nSPS) is 12.2. The van der Waals surface area contributed by atoms with Gasteiger partial charge in [0.05, 0.1) is 6.04 Å². The largest absolute Gasteiger partial charge is 0.360 e. The molecule has 7 heteroatoms. The molecular formula is C11H17N7. The van der Waals surface area contributed by atoms with Crippen molar-refractivity contribution in [2.24, 2.45) is 7.05 Å². The second-order valence-corrected chi connectivity index (χ2v) is 3.96. The molecule has 0 aromatic carbocycles. The predicted molar refractivity (Wildman–Crippen MR) is 69.2 cm³/mol. The summed E-state index contributed by atoms with van der Waals surface area (Å²) in [4.78, 5) is 8.47. The molecule has 7 nitrogen and oxygen atoms in total. The maximum Gasteiger partial charge on any atom is 0.224 e. The Labute approximate surface area is 106 Å². The first-order chi connectivity index (χ1) is 8.70. The zero-order valence-corrected chi connectivity index (χ0v) is 10.8. The fourth-order valence-electron chi connectivity index (χ4n) is 1.65. The standard InChI is InChI=1S/C11H17N7/c1-4-12-11-13-6-5-9(16-11)15-8(2)10-17-14-7-18(10)3/h5-8H,4H2,1-3H3,(H2,12,13,15,16). The fourth-order valence-corrected chi connectivity index (χ4v) is 1.65. The van der Waals surface area contributed by atoms with Gasteiger partial charge >= 0.3 is 0 Å².